The third-order valence-electron chi connectivity index (χ3n) is 6.59. The lowest BCUT2D eigenvalue weighted by Crippen LogP contribution is -2.31. The predicted octanol–water partition coefficient (Wildman–Crippen LogP) is 3.91. The molecule has 32 heavy (non-hydrogen) atoms. The highest BCUT2D eigenvalue weighted by Crippen LogP contribution is 2.53. The van der Waals surface area contributed by atoms with Crippen LogP contribution in [0.25, 0.3) is 0 Å². The number of hydrogen-bond acceptors (Lipinski definition) is 5. The number of anilines is 2. The predicted molar refractivity (Wildman–Crippen MR) is 119 cm³/mol. The van der Waals surface area contributed by atoms with Gasteiger partial charge in [0.25, 0.3) is 10.0 Å². The molecule has 4 N–H and O–H groups in total. The van der Waals surface area contributed by atoms with Crippen LogP contribution in [0.1, 0.15) is 44.1 Å². The van der Waals surface area contributed by atoms with E-state index in [1.54, 1.807) is 6.07 Å². The van der Waals surface area contributed by atoms with Crippen molar-refractivity contribution in [2.75, 3.05) is 16.6 Å². The van der Waals surface area contributed by atoms with E-state index in [4.69, 9.17) is 22.1 Å². The minimum atomic E-state index is -4.24. The fraction of sp³-hybridized carbons (Fsp3) is 0.409. The van der Waals surface area contributed by atoms with E-state index in [0.29, 0.717) is 29.8 Å². The Morgan fingerprint density at radius 3 is 2.53 bits per heavy atom. The van der Waals surface area contributed by atoms with E-state index in [2.05, 4.69) is 10.0 Å². The Kier molecular flexibility index (Phi) is 4.92. The highest BCUT2D eigenvalue weighted by Gasteiger charge is 2.50. The van der Waals surface area contributed by atoms with Gasteiger partial charge in [-0.3, -0.25) is 9.52 Å². The Morgan fingerprint density at radius 1 is 1.16 bits per heavy atom. The number of nitrogens with one attached hydrogen (secondary N) is 2. The molecule has 3 aliphatic rings. The molecule has 2 aromatic rings. The number of amides is 1. The molecule has 0 atom stereocenters. The maximum Gasteiger partial charge on any atom is 0.264 e. The topological polar surface area (TPSA) is 111 Å². The minimum Gasteiger partial charge on any atom is -0.489 e. The smallest absolute Gasteiger partial charge is 0.264 e. The molecule has 1 amide bonds. The third kappa shape index (κ3) is 3.62. The Hall–Kier alpha value is -2.36. The van der Waals surface area contributed by atoms with E-state index in [9.17, 15) is 17.6 Å². The van der Waals surface area contributed by atoms with Crippen LogP contribution in [0.5, 0.6) is 5.75 Å². The summed E-state index contributed by atoms with van der Waals surface area (Å²) < 4.78 is 48.5. The summed E-state index contributed by atoms with van der Waals surface area (Å²) in [5.74, 6) is -0.705. The summed E-state index contributed by atoms with van der Waals surface area (Å²) in [5.41, 5.74) is 6.49. The van der Waals surface area contributed by atoms with Crippen LogP contribution < -0.4 is 20.5 Å². The monoisotopic (exact) mass is 479 g/mol. The first-order chi connectivity index (χ1) is 15.1. The van der Waals surface area contributed by atoms with Gasteiger partial charge in [-0.25, -0.2) is 12.8 Å². The average Bonchev–Trinajstić information content (AvgIpc) is 3.15. The van der Waals surface area contributed by atoms with Crippen LogP contribution in [-0.4, -0.2) is 26.5 Å². The summed E-state index contributed by atoms with van der Waals surface area (Å²) in [5, 5.41) is 3.03. The number of benzene rings is 2. The summed E-state index contributed by atoms with van der Waals surface area (Å²) in [6.45, 7) is 0.254. The average molecular weight is 480 g/mol. The van der Waals surface area contributed by atoms with Crippen molar-refractivity contribution in [3.63, 3.8) is 0 Å². The summed E-state index contributed by atoms with van der Waals surface area (Å²) in [4.78, 5) is 12.4. The Balaban J connectivity index is 1.55. The summed E-state index contributed by atoms with van der Waals surface area (Å²) in [6, 6.07) is 6.51. The van der Waals surface area contributed by atoms with Crippen molar-refractivity contribution in [1.82, 2.24) is 0 Å². The van der Waals surface area contributed by atoms with Gasteiger partial charge >= 0.3 is 0 Å². The van der Waals surface area contributed by atoms with E-state index in [0.717, 1.165) is 37.8 Å². The van der Waals surface area contributed by atoms with Crippen LogP contribution >= 0.6 is 11.6 Å². The molecular weight excluding hydrogens is 457 g/mol. The van der Waals surface area contributed by atoms with Crippen molar-refractivity contribution < 1.29 is 22.3 Å². The number of carbonyl (C=O) groups excluding carboxylic acids is 1. The van der Waals surface area contributed by atoms with Gasteiger partial charge in [0.05, 0.1) is 22.3 Å². The number of fused-ring (bicyclic) bond motifs is 2. The molecule has 1 aliphatic heterocycles. The molecule has 0 unspecified atom stereocenters. The first-order valence-electron chi connectivity index (χ1n) is 10.5. The molecule has 1 spiro atoms. The van der Waals surface area contributed by atoms with Gasteiger partial charge in [0.15, 0.2) is 0 Å². The quantitative estimate of drug-likeness (QED) is 0.581. The number of nitrogens with two attached hydrogens (primary N) is 1. The van der Waals surface area contributed by atoms with Crippen molar-refractivity contribution in [2.45, 2.75) is 54.4 Å². The standard InChI is InChI=1S/C22H23ClFN3O4S/c23-13-3-4-18(16(24)9-13)32(29,30)27-14-10-15-19(17(11-14)31-12-21(25)7-8-21)26-20(28)22(15)5-1-2-6-22/h3-4,9-11,27H,1-2,5-8,12,25H2,(H,26,28). The second kappa shape index (κ2) is 7.33. The van der Waals surface area contributed by atoms with Crippen LogP contribution in [0, 0.1) is 5.82 Å². The van der Waals surface area contributed by atoms with E-state index in [1.165, 1.54) is 12.1 Å². The summed E-state index contributed by atoms with van der Waals surface area (Å²) in [6.07, 6.45) is 4.84. The van der Waals surface area contributed by atoms with Crippen molar-refractivity contribution in [2.24, 2.45) is 5.73 Å². The minimum absolute atomic E-state index is 0.0956. The SMILES string of the molecule is NC1(COc2cc(NS(=O)(=O)c3ccc(Cl)cc3F)cc3c2NC(=O)C32CCCC2)CC1. The van der Waals surface area contributed by atoms with Crippen LogP contribution in [-0.2, 0) is 20.2 Å². The molecule has 1 heterocycles. The molecule has 2 aliphatic carbocycles. The third-order valence-corrected chi connectivity index (χ3v) is 8.24. The fourth-order valence-corrected chi connectivity index (χ4v) is 5.81. The molecule has 10 heteroatoms. The molecule has 2 aromatic carbocycles. The molecule has 0 saturated heterocycles. The van der Waals surface area contributed by atoms with Gasteiger partial charge in [0.1, 0.15) is 23.1 Å². The highest BCUT2D eigenvalue weighted by atomic mass is 35.5. The first-order valence-corrected chi connectivity index (χ1v) is 12.4. The fourth-order valence-electron chi connectivity index (χ4n) is 4.55. The van der Waals surface area contributed by atoms with Crippen LogP contribution in [0.4, 0.5) is 15.8 Å². The molecule has 5 rings (SSSR count). The number of halogens is 2. The molecule has 2 saturated carbocycles. The second-order valence-corrected chi connectivity index (χ2v) is 11.1. The highest BCUT2D eigenvalue weighted by molar-refractivity contribution is 7.92. The maximum atomic E-state index is 14.3. The largest absolute Gasteiger partial charge is 0.489 e. The van der Waals surface area contributed by atoms with Gasteiger partial charge in [0.2, 0.25) is 5.91 Å². The maximum absolute atomic E-state index is 14.3. The lowest BCUT2D eigenvalue weighted by Gasteiger charge is -2.22. The van der Waals surface area contributed by atoms with Gasteiger partial charge in [-0.05, 0) is 55.5 Å². The zero-order valence-electron chi connectivity index (χ0n) is 17.2. The Labute approximate surface area is 190 Å². The van der Waals surface area contributed by atoms with Gasteiger partial charge < -0.3 is 15.8 Å². The summed E-state index contributed by atoms with van der Waals surface area (Å²) in [7, 11) is -4.24. The van der Waals surface area contributed by atoms with Gasteiger partial charge in [-0.15, -0.1) is 0 Å². The van der Waals surface area contributed by atoms with E-state index < -0.39 is 31.7 Å². The van der Waals surface area contributed by atoms with Crippen molar-refractivity contribution in [3.05, 3.63) is 46.7 Å². The van der Waals surface area contributed by atoms with Crippen LogP contribution in [0.3, 0.4) is 0 Å². The van der Waals surface area contributed by atoms with Crippen molar-refractivity contribution in [3.8, 4) is 5.75 Å². The number of ether oxygens (including phenoxy) is 1. The zero-order valence-corrected chi connectivity index (χ0v) is 18.8. The molecule has 7 nitrogen and oxygen atoms in total. The Bertz CT molecular complexity index is 1220. The normalized spacial score (nSPS) is 20.2. The van der Waals surface area contributed by atoms with Crippen LogP contribution in [0.2, 0.25) is 5.02 Å². The number of sulfonamides is 1. The van der Waals surface area contributed by atoms with Gasteiger partial charge in [0, 0.05) is 11.1 Å². The van der Waals surface area contributed by atoms with E-state index in [-0.39, 0.29) is 23.2 Å². The second-order valence-electron chi connectivity index (χ2n) is 8.97. The molecule has 2 fully saturated rings. The molecule has 0 aromatic heterocycles. The molecule has 0 bridgehead atoms. The summed E-state index contributed by atoms with van der Waals surface area (Å²) >= 11 is 5.75. The number of rotatable bonds is 6. The number of hydrogen-bond donors (Lipinski definition) is 3. The van der Waals surface area contributed by atoms with Crippen LogP contribution in [0.15, 0.2) is 35.2 Å². The lowest BCUT2D eigenvalue weighted by molar-refractivity contribution is -0.120. The van der Waals surface area contributed by atoms with E-state index in [1.807, 2.05) is 0 Å². The zero-order chi connectivity index (χ0) is 22.7. The van der Waals surface area contributed by atoms with Gasteiger partial charge in [-0.1, -0.05) is 24.4 Å². The van der Waals surface area contributed by atoms with Crippen molar-refractivity contribution in [1.29, 1.82) is 0 Å². The Morgan fingerprint density at radius 2 is 1.88 bits per heavy atom. The molecule has 170 valence electrons. The van der Waals surface area contributed by atoms with E-state index >= 15 is 0 Å². The van der Waals surface area contributed by atoms with Gasteiger partial charge in [-0.2, -0.15) is 0 Å². The molecular formula is C22H23ClFN3O4S. The van der Waals surface area contributed by atoms with Crippen molar-refractivity contribution >= 4 is 38.9 Å². The molecule has 0 radical (unpaired) electrons. The lowest BCUT2D eigenvalue weighted by atomic mass is 9.80. The number of carbonyl (C=O) groups is 1. The first kappa shape index (κ1) is 21.5.